The van der Waals surface area contributed by atoms with Gasteiger partial charge in [0.1, 0.15) is 5.82 Å². The maximum absolute atomic E-state index is 5.08. The Morgan fingerprint density at radius 2 is 2.25 bits per heavy atom. The van der Waals surface area contributed by atoms with Crippen molar-refractivity contribution in [1.82, 2.24) is 15.3 Å². The van der Waals surface area contributed by atoms with Gasteiger partial charge in [0.05, 0.1) is 7.11 Å². The Labute approximate surface area is 97.5 Å². The summed E-state index contributed by atoms with van der Waals surface area (Å²) < 4.78 is 5.08. The SMILES string of the molecule is CCCNC(CC)Cc1nccc(OC)n1. The highest BCUT2D eigenvalue weighted by Crippen LogP contribution is 2.06. The van der Waals surface area contributed by atoms with Crippen LogP contribution in [0.2, 0.25) is 0 Å². The zero-order chi connectivity index (χ0) is 11.8. The molecule has 1 heterocycles. The van der Waals surface area contributed by atoms with Crippen molar-refractivity contribution in [3.05, 3.63) is 18.1 Å². The molecule has 0 fully saturated rings. The lowest BCUT2D eigenvalue weighted by atomic mass is 10.1. The van der Waals surface area contributed by atoms with E-state index in [4.69, 9.17) is 4.74 Å². The number of hydrogen-bond donors (Lipinski definition) is 1. The highest BCUT2D eigenvalue weighted by atomic mass is 16.5. The minimum absolute atomic E-state index is 0.451. The van der Waals surface area contributed by atoms with Crippen LogP contribution in [0.15, 0.2) is 12.3 Å². The average molecular weight is 223 g/mol. The molecule has 0 aliphatic rings. The molecule has 1 atom stereocenters. The van der Waals surface area contributed by atoms with Crippen LogP contribution >= 0.6 is 0 Å². The first-order valence-corrected chi connectivity index (χ1v) is 5.89. The van der Waals surface area contributed by atoms with Gasteiger partial charge >= 0.3 is 0 Å². The molecule has 0 aliphatic carbocycles. The van der Waals surface area contributed by atoms with Crippen molar-refractivity contribution in [1.29, 1.82) is 0 Å². The molecule has 0 amide bonds. The van der Waals surface area contributed by atoms with Crippen molar-refractivity contribution in [3.63, 3.8) is 0 Å². The Hall–Kier alpha value is -1.16. The summed E-state index contributed by atoms with van der Waals surface area (Å²) in [7, 11) is 1.62. The second-order valence-electron chi connectivity index (χ2n) is 3.78. The van der Waals surface area contributed by atoms with Crippen LogP contribution in [-0.2, 0) is 6.42 Å². The second kappa shape index (κ2) is 7.17. The summed E-state index contributed by atoms with van der Waals surface area (Å²) in [6, 6.07) is 2.22. The summed E-state index contributed by atoms with van der Waals surface area (Å²) in [5.74, 6) is 1.48. The van der Waals surface area contributed by atoms with Crippen LogP contribution in [0.5, 0.6) is 5.88 Å². The van der Waals surface area contributed by atoms with E-state index in [9.17, 15) is 0 Å². The second-order valence-corrected chi connectivity index (χ2v) is 3.78. The van der Waals surface area contributed by atoms with Crippen molar-refractivity contribution in [2.24, 2.45) is 0 Å². The number of ether oxygens (including phenoxy) is 1. The maximum atomic E-state index is 5.08. The Kier molecular flexibility index (Phi) is 5.78. The van der Waals surface area contributed by atoms with Crippen LogP contribution in [0.25, 0.3) is 0 Å². The summed E-state index contributed by atoms with van der Waals surface area (Å²) >= 11 is 0. The molecule has 0 saturated carbocycles. The summed E-state index contributed by atoms with van der Waals surface area (Å²) in [5.41, 5.74) is 0. The largest absolute Gasteiger partial charge is 0.481 e. The molecule has 0 saturated heterocycles. The van der Waals surface area contributed by atoms with Gasteiger partial charge in [-0.05, 0) is 19.4 Å². The van der Waals surface area contributed by atoms with E-state index in [0.29, 0.717) is 11.9 Å². The third kappa shape index (κ3) is 4.14. The fraction of sp³-hybridized carbons (Fsp3) is 0.667. The van der Waals surface area contributed by atoms with E-state index >= 15 is 0 Å². The monoisotopic (exact) mass is 223 g/mol. The van der Waals surface area contributed by atoms with E-state index in [0.717, 1.165) is 31.6 Å². The zero-order valence-corrected chi connectivity index (χ0v) is 10.4. The van der Waals surface area contributed by atoms with Crippen LogP contribution in [0.4, 0.5) is 0 Å². The normalized spacial score (nSPS) is 12.4. The molecule has 1 N–H and O–H groups in total. The van der Waals surface area contributed by atoms with Gasteiger partial charge in [0, 0.05) is 24.7 Å². The van der Waals surface area contributed by atoms with Gasteiger partial charge < -0.3 is 10.1 Å². The Morgan fingerprint density at radius 1 is 1.44 bits per heavy atom. The molecule has 4 nitrogen and oxygen atoms in total. The van der Waals surface area contributed by atoms with Crippen molar-refractivity contribution >= 4 is 0 Å². The lowest BCUT2D eigenvalue weighted by Crippen LogP contribution is -2.31. The molecule has 0 radical (unpaired) electrons. The standard InChI is InChI=1S/C12H21N3O/c1-4-7-13-10(5-2)9-11-14-8-6-12(15-11)16-3/h6,8,10,13H,4-5,7,9H2,1-3H3. The molecule has 1 aromatic rings. The molecule has 1 aromatic heterocycles. The first-order valence-electron chi connectivity index (χ1n) is 5.89. The average Bonchev–Trinajstić information content (AvgIpc) is 2.34. The molecular weight excluding hydrogens is 202 g/mol. The minimum atomic E-state index is 0.451. The van der Waals surface area contributed by atoms with E-state index in [1.54, 1.807) is 19.4 Å². The minimum Gasteiger partial charge on any atom is -0.481 e. The predicted molar refractivity (Wildman–Crippen MR) is 64.7 cm³/mol. The lowest BCUT2D eigenvalue weighted by Gasteiger charge is -2.15. The number of methoxy groups -OCH3 is 1. The fourth-order valence-electron chi connectivity index (χ4n) is 1.52. The van der Waals surface area contributed by atoms with Crippen LogP contribution in [0.1, 0.15) is 32.5 Å². The van der Waals surface area contributed by atoms with Gasteiger partial charge in [0.2, 0.25) is 5.88 Å². The molecule has 16 heavy (non-hydrogen) atoms. The van der Waals surface area contributed by atoms with Gasteiger partial charge in [-0.1, -0.05) is 13.8 Å². The van der Waals surface area contributed by atoms with Crippen LogP contribution in [-0.4, -0.2) is 29.7 Å². The van der Waals surface area contributed by atoms with Crippen LogP contribution in [0, 0.1) is 0 Å². The summed E-state index contributed by atoms with van der Waals surface area (Å²) in [5, 5.41) is 3.48. The number of nitrogens with zero attached hydrogens (tertiary/aromatic N) is 2. The molecule has 1 rings (SSSR count). The number of rotatable bonds is 7. The van der Waals surface area contributed by atoms with Crippen molar-refractivity contribution < 1.29 is 4.74 Å². The van der Waals surface area contributed by atoms with Crippen LogP contribution in [0.3, 0.4) is 0 Å². The predicted octanol–water partition coefficient (Wildman–Crippen LogP) is 1.81. The van der Waals surface area contributed by atoms with Gasteiger partial charge in [-0.3, -0.25) is 0 Å². The molecule has 90 valence electrons. The molecule has 4 heteroatoms. The van der Waals surface area contributed by atoms with E-state index < -0.39 is 0 Å². The van der Waals surface area contributed by atoms with Gasteiger partial charge in [-0.2, -0.15) is 4.98 Å². The van der Waals surface area contributed by atoms with Gasteiger partial charge in [-0.15, -0.1) is 0 Å². The number of hydrogen-bond acceptors (Lipinski definition) is 4. The Bertz CT molecular complexity index is 304. The highest BCUT2D eigenvalue weighted by Gasteiger charge is 2.08. The zero-order valence-electron chi connectivity index (χ0n) is 10.4. The van der Waals surface area contributed by atoms with Crippen LogP contribution < -0.4 is 10.1 Å². The molecule has 0 aromatic carbocycles. The van der Waals surface area contributed by atoms with E-state index in [1.807, 2.05) is 0 Å². The molecule has 0 spiro atoms. The van der Waals surface area contributed by atoms with Gasteiger partial charge in [0.25, 0.3) is 0 Å². The van der Waals surface area contributed by atoms with E-state index in [-0.39, 0.29) is 0 Å². The molecule has 0 aliphatic heterocycles. The van der Waals surface area contributed by atoms with Crippen molar-refractivity contribution in [2.45, 2.75) is 39.2 Å². The number of nitrogens with one attached hydrogen (secondary N) is 1. The number of aromatic nitrogens is 2. The third-order valence-electron chi connectivity index (χ3n) is 2.49. The summed E-state index contributed by atoms with van der Waals surface area (Å²) in [4.78, 5) is 8.57. The molecule has 0 bridgehead atoms. The van der Waals surface area contributed by atoms with Crippen molar-refractivity contribution in [3.8, 4) is 5.88 Å². The highest BCUT2D eigenvalue weighted by molar-refractivity contribution is 5.08. The van der Waals surface area contributed by atoms with E-state index in [2.05, 4.69) is 29.1 Å². The quantitative estimate of drug-likeness (QED) is 0.765. The molecule has 1 unspecified atom stereocenters. The van der Waals surface area contributed by atoms with Gasteiger partial charge in [0.15, 0.2) is 0 Å². The lowest BCUT2D eigenvalue weighted by molar-refractivity contribution is 0.392. The maximum Gasteiger partial charge on any atom is 0.216 e. The smallest absolute Gasteiger partial charge is 0.216 e. The van der Waals surface area contributed by atoms with Gasteiger partial charge in [-0.25, -0.2) is 4.98 Å². The first-order chi connectivity index (χ1) is 7.80. The first kappa shape index (κ1) is 12.9. The van der Waals surface area contributed by atoms with E-state index in [1.165, 1.54) is 0 Å². The summed E-state index contributed by atoms with van der Waals surface area (Å²) in [6.45, 7) is 5.39. The van der Waals surface area contributed by atoms with Crippen molar-refractivity contribution in [2.75, 3.05) is 13.7 Å². The molecular formula is C12H21N3O. The topological polar surface area (TPSA) is 47.0 Å². The Balaban J connectivity index is 2.55. The third-order valence-corrected chi connectivity index (χ3v) is 2.49. The summed E-state index contributed by atoms with van der Waals surface area (Å²) in [6.07, 6.45) is 4.83. The fourth-order valence-corrected chi connectivity index (χ4v) is 1.52. The Morgan fingerprint density at radius 3 is 2.88 bits per heavy atom.